The lowest BCUT2D eigenvalue weighted by molar-refractivity contribution is 0.105. The summed E-state index contributed by atoms with van der Waals surface area (Å²) in [5, 5.41) is 16.0. The highest BCUT2D eigenvalue weighted by Gasteiger charge is 2.29. The number of aliphatic hydroxyl groups excluding tert-OH is 1. The Hall–Kier alpha value is -2.91. The number of aliphatic hydroxyl groups is 1. The topological polar surface area (TPSA) is 94.7 Å². The maximum atomic E-state index is 13.1. The van der Waals surface area contributed by atoms with Crippen molar-refractivity contribution in [2.75, 3.05) is 32.8 Å². The number of piperidine rings is 1. The van der Waals surface area contributed by atoms with Crippen LogP contribution in [0, 0.1) is 5.92 Å². The second-order valence-electron chi connectivity index (χ2n) is 10.5. The molecule has 4 aromatic rings. The van der Waals surface area contributed by atoms with Crippen LogP contribution in [0.2, 0.25) is 0 Å². The molecule has 3 N–H and O–H groups in total. The van der Waals surface area contributed by atoms with Crippen LogP contribution < -0.4 is 10.1 Å². The van der Waals surface area contributed by atoms with E-state index in [1.165, 1.54) is 0 Å². The fourth-order valence-electron chi connectivity index (χ4n) is 5.22. The van der Waals surface area contributed by atoms with Crippen molar-refractivity contribution in [2.24, 2.45) is 5.92 Å². The molecular weight excluding hydrogens is 498 g/mol. The van der Waals surface area contributed by atoms with Gasteiger partial charge in [-0.15, -0.1) is 0 Å². The molecule has 7 nitrogen and oxygen atoms in total. The van der Waals surface area contributed by atoms with Crippen LogP contribution in [0.15, 0.2) is 71.6 Å². The van der Waals surface area contributed by atoms with Gasteiger partial charge in [0, 0.05) is 35.9 Å². The number of ether oxygens (including phenoxy) is 1. The first-order valence-electron chi connectivity index (χ1n) is 13.4. The molecule has 1 aliphatic rings. The Morgan fingerprint density at radius 3 is 2.45 bits per heavy atom. The van der Waals surface area contributed by atoms with Crippen LogP contribution in [-0.2, 0) is 10.0 Å². The van der Waals surface area contributed by atoms with Gasteiger partial charge in [-0.2, -0.15) is 4.31 Å². The Morgan fingerprint density at radius 2 is 1.71 bits per heavy atom. The van der Waals surface area contributed by atoms with E-state index < -0.39 is 16.1 Å². The minimum Gasteiger partial charge on any atom is -0.490 e. The third-order valence-corrected chi connectivity index (χ3v) is 9.41. The van der Waals surface area contributed by atoms with Crippen LogP contribution in [0.25, 0.3) is 21.8 Å². The molecule has 1 fully saturated rings. The summed E-state index contributed by atoms with van der Waals surface area (Å²) in [7, 11) is -3.47. The molecule has 0 spiro atoms. The van der Waals surface area contributed by atoms with Crippen molar-refractivity contribution in [3.63, 3.8) is 0 Å². The van der Waals surface area contributed by atoms with Gasteiger partial charge in [-0.05, 0) is 67.1 Å². The molecule has 3 aromatic carbocycles. The lowest BCUT2D eigenvalue weighted by atomic mass is 9.98. The molecule has 1 aliphatic heterocycles. The van der Waals surface area contributed by atoms with Crippen LogP contribution in [0.1, 0.15) is 38.2 Å². The molecular formula is C30H37N3O4S. The van der Waals surface area contributed by atoms with Gasteiger partial charge in [-0.25, -0.2) is 8.42 Å². The summed E-state index contributed by atoms with van der Waals surface area (Å²) in [6.45, 7) is 6.58. The van der Waals surface area contributed by atoms with Crippen molar-refractivity contribution in [1.82, 2.24) is 14.6 Å². The Bertz CT molecular complexity index is 1470. The monoisotopic (exact) mass is 535 g/mol. The van der Waals surface area contributed by atoms with Crippen LogP contribution in [0.4, 0.5) is 0 Å². The van der Waals surface area contributed by atoms with E-state index in [1.807, 2.05) is 48.5 Å². The molecule has 1 saturated heterocycles. The SMILES string of the molecule is CC(C)c1ccc(S(=O)(=O)N2CCC(CNC[C@H](O)COc3cccc4[nH]c5ccccc5c34)CC2)cc1. The Balaban J connectivity index is 1.07. The van der Waals surface area contributed by atoms with Crippen molar-refractivity contribution in [2.45, 2.75) is 43.6 Å². The number of aromatic amines is 1. The molecule has 0 amide bonds. The number of nitrogens with one attached hydrogen (secondary N) is 2. The number of hydrogen-bond donors (Lipinski definition) is 3. The zero-order valence-corrected chi connectivity index (χ0v) is 22.9. The van der Waals surface area contributed by atoms with Crippen LogP contribution >= 0.6 is 0 Å². The summed E-state index contributed by atoms with van der Waals surface area (Å²) >= 11 is 0. The highest BCUT2D eigenvalue weighted by molar-refractivity contribution is 7.89. The van der Waals surface area contributed by atoms with Crippen molar-refractivity contribution >= 4 is 31.8 Å². The number of hydrogen-bond acceptors (Lipinski definition) is 5. The molecule has 202 valence electrons. The maximum absolute atomic E-state index is 13.1. The first kappa shape index (κ1) is 26.7. The quantitative estimate of drug-likeness (QED) is 0.269. The standard InChI is InChI=1S/C30H37N3O4S/c1-21(2)23-10-12-25(13-11-23)38(35,36)33-16-14-22(15-17-33)18-31-19-24(34)20-37-29-9-5-8-28-30(29)26-6-3-4-7-27(26)32-28/h3-13,21-22,24,31-32,34H,14-20H2,1-2H3/t24-/m0/s1. The van der Waals surface area contributed by atoms with Gasteiger partial charge in [0.25, 0.3) is 0 Å². The van der Waals surface area contributed by atoms with E-state index >= 15 is 0 Å². The number of aromatic nitrogens is 1. The van der Waals surface area contributed by atoms with Gasteiger partial charge in [-0.3, -0.25) is 0 Å². The Labute approximate surface area is 224 Å². The van der Waals surface area contributed by atoms with E-state index in [-0.39, 0.29) is 6.61 Å². The van der Waals surface area contributed by atoms with E-state index in [0.717, 1.165) is 52.5 Å². The maximum Gasteiger partial charge on any atom is 0.243 e. The summed E-state index contributed by atoms with van der Waals surface area (Å²) in [5.41, 5.74) is 3.21. The van der Waals surface area contributed by atoms with Crippen LogP contribution in [0.5, 0.6) is 5.75 Å². The van der Waals surface area contributed by atoms with E-state index in [1.54, 1.807) is 16.4 Å². The summed E-state index contributed by atoms with van der Waals surface area (Å²) in [6, 6.07) is 21.3. The summed E-state index contributed by atoms with van der Waals surface area (Å²) in [5.74, 6) is 1.50. The molecule has 1 aromatic heterocycles. The van der Waals surface area contributed by atoms with Gasteiger partial charge >= 0.3 is 0 Å². The fourth-order valence-corrected chi connectivity index (χ4v) is 6.68. The predicted molar refractivity (Wildman–Crippen MR) is 152 cm³/mol. The Morgan fingerprint density at radius 1 is 1.00 bits per heavy atom. The van der Waals surface area contributed by atoms with Gasteiger partial charge in [0.1, 0.15) is 18.5 Å². The number of sulfonamides is 1. The Kier molecular flexibility index (Phi) is 8.04. The largest absolute Gasteiger partial charge is 0.490 e. The zero-order chi connectivity index (χ0) is 26.7. The molecule has 0 unspecified atom stereocenters. The molecule has 5 rings (SSSR count). The van der Waals surface area contributed by atoms with E-state index in [4.69, 9.17) is 4.74 Å². The molecule has 1 atom stereocenters. The second-order valence-corrected chi connectivity index (χ2v) is 12.5. The minimum absolute atomic E-state index is 0.192. The lowest BCUT2D eigenvalue weighted by Crippen LogP contribution is -2.42. The fraction of sp³-hybridized carbons (Fsp3) is 0.400. The van der Waals surface area contributed by atoms with Crippen molar-refractivity contribution in [3.05, 3.63) is 72.3 Å². The predicted octanol–water partition coefficient (Wildman–Crippen LogP) is 4.87. The zero-order valence-electron chi connectivity index (χ0n) is 22.1. The third-order valence-electron chi connectivity index (χ3n) is 7.49. The number of benzene rings is 3. The average molecular weight is 536 g/mol. The third kappa shape index (κ3) is 5.73. The van der Waals surface area contributed by atoms with Crippen molar-refractivity contribution in [3.8, 4) is 5.75 Å². The highest BCUT2D eigenvalue weighted by atomic mass is 32.2. The molecule has 0 bridgehead atoms. The van der Waals surface area contributed by atoms with E-state index in [0.29, 0.717) is 36.4 Å². The molecule has 0 aliphatic carbocycles. The number of H-pyrrole nitrogens is 1. The first-order valence-corrected chi connectivity index (χ1v) is 14.9. The van der Waals surface area contributed by atoms with Gasteiger partial charge < -0.3 is 20.1 Å². The van der Waals surface area contributed by atoms with E-state index in [9.17, 15) is 13.5 Å². The van der Waals surface area contributed by atoms with E-state index in [2.05, 4.69) is 30.2 Å². The minimum atomic E-state index is -3.47. The average Bonchev–Trinajstić information content (AvgIpc) is 3.31. The molecule has 0 radical (unpaired) electrons. The first-order chi connectivity index (χ1) is 18.3. The normalized spacial score (nSPS) is 16.4. The van der Waals surface area contributed by atoms with Crippen molar-refractivity contribution in [1.29, 1.82) is 0 Å². The second kappa shape index (κ2) is 11.5. The number of nitrogens with zero attached hydrogens (tertiary/aromatic N) is 1. The van der Waals surface area contributed by atoms with Crippen LogP contribution in [0.3, 0.4) is 0 Å². The number of rotatable bonds is 10. The molecule has 38 heavy (non-hydrogen) atoms. The van der Waals surface area contributed by atoms with Gasteiger partial charge in [0.15, 0.2) is 0 Å². The van der Waals surface area contributed by atoms with Crippen LogP contribution in [-0.4, -0.2) is 61.7 Å². The summed E-state index contributed by atoms with van der Waals surface area (Å²) < 4.78 is 33.8. The summed E-state index contributed by atoms with van der Waals surface area (Å²) in [6.07, 6.45) is 0.946. The molecule has 8 heteroatoms. The number of fused-ring (bicyclic) bond motifs is 3. The number of para-hydroxylation sites is 1. The van der Waals surface area contributed by atoms with Gasteiger partial charge in [0.05, 0.1) is 10.4 Å². The highest BCUT2D eigenvalue weighted by Crippen LogP contribution is 2.33. The lowest BCUT2D eigenvalue weighted by Gasteiger charge is -2.31. The molecule has 0 saturated carbocycles. The summed E-state index contributed by atoms with van der Waals surface area (Å²) in [4.78, 5) is 3.77. The smallest absolute Gasteiger partial charge is 0.243 e. The molecule has 2 heterocycles. The van der Waals surface area contributed by atoms with Crippen molar-refractivity contribution < 1.29 is 18.3 Å². The van der Waals surface area contributed by atoms with Gasteiger partial charge in [-0.1, -0.05) is 50.2 Å². The van der Waals surface area contributed by atoms with Gasteiger partial charge in [0.2, 0.25) is 10.0 Å².